The lowest BCUT2D eigenvalue weighted by atomic mass is 9.73. The molecule has 0 radical (unpaired) electrons. The normalized spacial score (nSPS) is 17.3. The lowest BCUT2D eigenvalue weighted by molar-refractivity contribution is -0.137. The highest BCUT2D eigenvalue weighted by atomic mass is 16.5. The van der Waals surface area contributed by atoms with E-state index in [0.29, 0.717) is 38.9 Å². The van der Waals surface area contributed by atoms with Crippen LogP contribution < -0.4 is 5.32 Å². The molecule has 1 aliphatic heterocycles. The Bertz CT molecular complexity index is 738. The van der Waals surface area contributed by atoms with Gasteiger partial charge in [-0.05, 0) is 54.5 Å². The van der Waals surface area contributed by atoms with E-state index in [0.717, 1.165) is 16.7 Å². The predicted octanol–water partition coefficient (Wildman–Crippen LogP) is 2.98. The Kier molecular flexibility index (Phi) is 6.58. The quantitative estimate of drug-likeness (QED) is 0.788. The van der Waals surface area contributed by atoms with Gasteiger partial charge in [0.05, 0.1) is 18.1 Å². The highest BCUT2D eigenvalue weighted by molar-refractivity contribution is 5.84. The standard InChI is InChI=1S/C22H28N2O3/c1-2-19(16-25)24-21(26)22(9-13-27-14-10-22)15-18-5-3-4-6-20(18)17-7-11-23-12-8-17/h3-8,11-12,19,25H,2,9-10,13-16H2,1H3,(H,24,26). The second kappa shape index (κ2) is 9.11. The van der Waals surface area contributed by atoms with Crippen molar-refractivity contribution in [3.63, 3.8) is 0 Å². The molecule has 1 amide bonds. The van der Waals surface area contributed by atoms with E-state index in [9.17, 15) is 9.90 Å². The highest BCUT2D eigenvalue weighted by Gasteiger charge is 2.41. The van der Waals surface area contributed by atoms with E-state index in [4.69, 9.17) is 4.74 Å². The molecule has 2 aromatic rings. The van der Waals surface area contributed by atoms with Crippen molar-refractivity contribution in [1.82, 2.24) is 10.3 Å². The zero-order valence-electron chi connectivity index (χ0n) is 15.9. The minimum atomic E-state index is -0.510. The molecule has 2 N–H and O–H groups in total. The molecule has 1 fully saturated rings. The van der Waals surface area contributed by atoms with Crippen molar-refractivity contribution in [2.75, 3.05) is 19.8 Å². The molecular formula is C22H28N2O3. The number of amides is 1. The van der Waals surface area contributed by atoms with Crippen molar-refractivity contribution in [1.29, 1.82) is 0 Å². The number of carbonyl (C=O) groups excluding carboxylic acids is 1. The summed E-state index contributed by atoms with van der Waals surface area (Å²) in [5.74, 6) is 0.0243. The molecule has 0 spiro atoms. The Morgan fingerprint density at radius 1 is 1.22 bits per heavy atom. The minimum Gasteiger partial charge on any atom is -0.394 e. The molecule has 5 nitrogen and oxygen atoms in total. The SMILES string of the molecule is CCC(CO)NC(=O)C1(Cc2ccccc2-c2ccncc2)CCOCC1. The van der Waals surface area contributed by atoms with Gasteiger partial charge in [-0.3, -0.25) is 9.78 Å². The molecule has 1 saturated heterocycles. The molecule has 1 aromatic heterocycles. The third-order valence-corrected chi connectivity index (χ3v) is 5.52. The van der Waals surface area contributed by atoms with Crippen molar-refractivity contribution in [2.45, 2.75) is 38.6 Å². The van der Waals surface area contributed by atoms with Gasteiger partial charge in [0, 0.05) is 25.6 Å². The van der Waals surface area contributed by atoms with Crippen molar-refractivity contribution in [2.24, 2.45) is 5.41 Å². The third kappa shape index (κ3) is 4.54. The van der Waals surface area contributed by atoms with Gasteiger partial charge in [0.15, 0.2) is 0 Å². The molecule has 1 aliphatic rings. The van der Waals surface area contributed by atoms with Gasteiger partial charge >= 0.3 is 0 Å². The van der Waals surface area contributed by atoms with Crippen LogP contribution in [0.1, 0.15) is 31.7 Å². The van der Waals surface area contributed by atoms with E-state index in [1.54, 1.807) is 12.4 Å². The van der Waals surface area contributed by atoms with E-state index in [1.165, 1.54) is 0 Å². The van der Waals surface area contributed by atoms with Gasteiger partial charge in [0.25, 0.3) is 0 Å². The van der Waals surface area contributed by atoms with Crippen LogP contribution in [0.15, 0.2) is 48.8 Å². The van der Waals surface area contributed by atoms with Gasteiger partial charge in [0.2, 0.25) is 5.91 Å². The number of benzene rings is 1. The molecule has 5 heteroatoms. The summed E-state index contributed by atoms with van der Waals surface area (Å²) >= 11 is 0. The summed E-state index contributed by atoms with van der Waals surface area (Å²) < 4.78 is 5.55. The Morgan fingerprint density at radius 3 is 2.59 bits per heavy atom. The lowest BCUT2D eigenvalue weighted by Gasteiger charge is -2.37. The number of nitrogens with one attached hydrogen (secondary N) is 1. The Balaban J connectivity index is 1.91. The molecule has 3 rings (SSSR count). The van der Waals surface area contributed by atoms with Gasteiger partial charge < -0.3 is 15.2 Å². The number of nitrogens with zero attached hydrogens (tertiary/aromatic N) is 1. The van der Waals surface area contributed by atoms with Crippen LogP contribution in [0.5, 0.6) is 0 Å². The first kappa shape index (κ1) is 19.5. The maximum Gasteiger partial charge on any atom is 0.227 e. The Morgan fingerprint density at radius 2 is 1.93 bits per heavy atom. The summed E-state index contributed by atoms with van der Waals surface area (Å²) in [7, 11) is 0. The number of pyridine rings is 1. The van der Waals surface area contributed by atoms with Crippen LogP contribution in [0.25, 0.3) is 11.1 Å². The molecule has 144 valence electrons. The van der Waals surface area contributed by atoms with Gasteiger partial charge in [0.1, 0.15) is 0 Å². The number of aromatic nitrogens is 1. The van der Waals surface area contributed by atoms with E-state index >= 15 is 0 Å². The highest BCUT2D eigenvalue weighted by Crippen LogP contribution is 2.37. The Labute approximate surface area is 160 Å². The molecular weight excluding hydrogens is 340 g/mol. The van der Waals surface area contributed by atoms with Crippen LogP contribution >= 0.6 is 0 Å². The zero-order valence-corrected chi connectivity index (χ0v) is 15.9. The number of rotatable bonds is 7. The minimum absolute atomic E-state index is 0.0243. The average molecular weight is 368 g/mol. The summed E-state index contributed by atoms with van der Waals surface area (Å²) in [6, 6.07) is 12.0. The van der Waals surface area contributed by atoms with E-state index in [1.807, 2.05) is 31.2 Å². The van der Waals surface area contributed by atoms with Crippen LogP contribution in [0.2, 0.25) is 0 Å². The van der Waals surface area contributed by atoms with E-state index in [2.05, 4.69) is 22.4 Å². The molecule has 2 heterocycles. The molecule has 1 aromatic carbocycles. The zero-order chi connectivity index (χ0) is 19.1. The van der Waals surface area contributed by atoms with Crippen molar-refractivity contribution in [3.8, 4) is 11.1 Å². The third-order valence-electron chi connectivity index (χ3n) is 5.52. The summed E-state index contributed by atoms with van der Waals surface area (Å²) in [5, 5.41) is 12.5. The summed E-state index contributed by atoms with van der Waals surface area (Å²) in [6.07, 6.45) is 6.31. The maximum absolute atomic E-state index is 13.2. The number of ether oxygens (including phenoxy) is 1. The average Bonchev–Trinajstić information content (AvgIpc) is 2.73. The van der Waals surface area contributed by atoms with Gasteiger partial charge in [-0.25, -0.2) is 0 Å². The van der Waals surface area contributed by atoms with E-state index in [-0.39, 0.29) is 18.6 Å². The number of hydrogen-bond acceptors (Lipinski definition) is 4. The number of aliphatic hydroxyl groups excluding tert-OH is 1. The number of carbonyl (C=O) groups is 1. The fourth-order valence-corrected chi connectivity index (χ4v) is 3.71. The molecule has 1 atom stereocenters. The second-order valence-electron chi connectivity index (χ2n) is 7.22. The molecule has 0 bridgehead atoms. The summed E-state index contributed by atoms with van der Waals surface area (Å²) in [4.78, 5) is 17.3. The topological polar surface area (TPSA) is 71.5 Å². The van der Waals surface area contributed by atoms with Gasteiger partial charge in [-0.2, -0.15) is 0 Å². The monoisotopic (exact) mass is 368 g/mol. The first-order valence-electron chi connectivity index (χ1n) is 9.66. The van der Waals surface area contributed by atoms with Crippen LogP contribution in [-0.2, 0) is 16.0 Å². The van der Waals surface area contributed by atoms with Crippen molar-refractivity contribution >= 4 is 5.91 Å². The fraction of sp³-hybridized carbons (Fsp3) is 0.455. The first-order chi connectivity index (χ1) is 13.2. The lowest BCUT2D eigenvalue weighted by Crippen LogP contribution is -2.50. The van der Waals surface area contributed by atoms with Gasteiger partial charge in [-0.15, -0.1) is 0 Å². The Hall–Kier alpha value is -2.24. The number of aliphatic hydroxyl groups is 1. The first-order valence-corrected chi connectivity index (χ1v) is 9.66. The fourth-order valence-electron chi connectivity index (χ4n) is 3.71. The maximum atomic E-state index is 13.2. The smallest absolute Gasteiger partial charge is 0.227 e. The van der Waals surface area contributed by atoms with Crippen molar-refractivity contribution in [3.05, 3.63) is 54.4 Å². The second-order valence-corrected chi connectivity index (χ2v) is 7.22. The molecule has 0 aliphatic carbocycles. The summed E-state index contributed by atoms with van der Waals surface area (Å²) in [5.41, 5.74) is 2.87. The number of hydrogen-bond donors (Lipinski definition) is 2. The van der Waals surface area contributed by atoms with Gasteiger partial charge in [-0.1, -0.05) is 31.2 Å². The van der Waals surface area contributed by atoms with Crippen LogP contribution in [0, 0.1) is 5.41 Å². The van der Waals surface area contributed by atoms with Crippen LogP contribution in [0.3, 0.4) is 0 Å². The van der Waals surface area contributed by atoms with Crippen LogP contribution in [0.4, 0.5) is 0 Å². The van der Waals surface area contributed by atoms with E-state index < -0.39 is 5.41 Å². The van der Waals surface area contributed by atoms with Crippen molar-refractivity contribution < 1.29 is 14.6 Å². The largest absolute Gasteiger partial charge is 0.394 e. The predicted molar refractivity (Wildman–Crippen MR) is 105 cm³/mol. The summed E-state index contributed by atoms with van der Waals surface area (Å²) in [6.45, 7) is 3.10. The molecule has 27 heavy (non-hydrogen) atoms. The van der Waals surface area contributed by atoms with Crippen LogP contribution in [-0.4, -0.2) is 41.9 Å². The molecule has 0 saturated carbocycles. The molecule has 1 unspecified atom stereocenters.